The van der Waals surface area contributed by atoms with Crippen molar-refractivity contribution >= 4 is 10.0 Å². The number of fused-ring (bicyclic) bond motifs is 3. The molecule has 0 spiro atoms. The fourth-order valence-corrected chi connectivity index (χ4v) is 5.15. The molecule has 0 bridgehead atoms. The second-order valence-corrected chi connectivity index (χ2v) is 10.6. The Morgan fingerprint density at radius 2 is 1.63 bits per heavy atom. The van der Waals surface area contributed by atoms with Gasteiger partial charge in [0, 0.05) is 18.2 Å². The van der Waals surface area contributed by atoms with Gasteiger partial charge in [0.05, 0.1) is 45.4 Å². The van der Waals surface area contributed by atoms with E-state index in [2.05, 4.69) is 0 Å². The number of nitrogens with two attached hydrogens (primary N) is 1. The van der Waals surface area contributed by atoms with Crippen molar-refractivity contribution < 1.29 is 50.4 Å². The van der Waals surface area contributed by atoms with E-state index in [4.69, 9.17) is 38.3 Å². The molecule has 13 heteroatoms. The second-order valence-electron chi connectivity index (χ2n) is 8.94. The summed E-state index contributed by atoms with van der Waals surface area (Å²) in [6.45, 7) is -2.14. The van der Waals surface area contributed by atoms with Crippen molar-refractivity contribution in [3.8, 4) is 39.9 Å². The quantitative estimate of drug-likeness (QED) is 0.272. The van der Waals surface area contributed by atoms with E-state index in [9.17, 15) is 17.2 Å². The topological polar surface area (TPSA) is 125 Å². The standard InChI is InChI=1S/C28H31F2NO9S/c1-34-10-11-37-12-13-38-23-9-8-22-25(27(23)40-28(29)30)19-6-4-17(16-41(31,32)33)14-20(19)26(39-22)18-5-7-21(35-2)24(15-18)36-3/h4-9,14-15,26,28H,10-13,16H2,1-3H3,(H2,31,32,33). The zero-order chi connectivity index (χ0) is 29.6. The lowest BCUT2D eigenvalue weighted by atomic mass is 9.87. The molecule has 41 heavy (non-hydrogen) atoms. The van der Waals surface area contributed by atoms with Crippen LogP contribution in [-0.2, 0) is 25.2 Å². The molecule has 0 saturated heterocycles. The van der Waals surface area contributed by atoms with Crippen molar-refractivity contribution in [1.29, 1.82) is 0 Å². The molecule has 3 aromatic carbocycles. The number of ether oxygens (including phenoxy) is 7. The predicted octanol–water partition coefficient (Wildman–Crippen LogP) is 4.28. The van der Waals surface area contributed by atoms with Crippen molar-refractivity contribution in [2.24, 2.45) is 5.14 Å². The Labute approximate surface area is 236 Å². The Morgan fingerprint density at radius 3 is 2.32 bits per heavy atom. The van der Waals surface area contributed by atoms with Crippen LogP contribution in [0.3, 0.4) is 0 Å². The smallest absolute Gasteiger partial charge is 0.387 e. The highest BCUT2D eigenvalue weighted by Crippen LogP contribution is 2.53. The third-order valence-corrected chi connectivity index (χ3v) is 6.93. The number of primary sulfonamides is 1. The summed E-state index contributed by atoms with van der Waals surface area (Å²) < 4.78 is 89.2. The molecule has 0 aliphatic carbocycles. The molecular weight excluding hydrogens is 564 g/mol. The van der Waals surface area contributed by atoms with Gasteiger partial charge in [-0.25, -0.2) is 13.6 Å². The number of methoxy groups -OCH3 is 3. The number of hydrogen-bond donors (Lipinski definition) is 1. The number of sulfonamides is 1. The zero-order valence-electron chi connectivity index (χ0n) is 22.7. The first kappa shape index (κ1) is 30.3. The number of rotatable bonds is 14. The molecule has 1 aliphatic heterocycles. The van der Waals surface area contributed by atoms with Gasteiger partial charge in [-0.15, -0.1) is 0 Å². The molecular formula is C28H31F2NO9S. The first-order chi connectivity index (χ1) is 19.6. The van der Waals surface area contributed by atoms with Crippen molar-refractivity contribution in [3.63, 3.8) is 0 Å². The molecule has 1 unspecified atom stereocenters. The number of benzene rings is 3. The largest absolute Gasteiger partial charge is 0.493 e. The van der Waals surface area contributed by atoms with E-state index in [0.717, 1.165) is 0 Å². The monoisotopic (exact) mass is 595 g/mol. The van der Waals surface area contributed by atoms with E-state index >= 15 is 0 Å². The normalized spacial score (nSPS) is 14.2. The van der Waals surface area contributed by atoms with Gasteiger partial charge in [-0.1, -0.05) is 24.3 Å². The van der Waals surface area contributed by atoms with Gasteiger partial charge in [-0.3, -0.25) is 0 Å². The lowest BCUT2D eigenvalue weighted by Gasteiger charge is -2.31. The van der Waals surface area contributed by atoms with Crippen LogP contribution in [0.1, 0.15) is 22.8 Å². The van der Waals surface area contributed by atoms with Crippen molar-refractivity contribution in [2.45, 2.75) is 18.5 Å². The summed E-state index contributed by atoms with van der Waals surface area (Å²) in [5, 5.41) is 5.29. The van der Waals surface area contributed by atoms with Gasteiger partial charge in [0.25, 0.3) is 0 Å². The van der Waals surface area contributed by atoms with Crippen LogP contribution in [0.15, 0.2) is 48.5 Å². The Hall–Kier alpha value is -3.65. The zero-order valence-corrected chi connectivity index (χ0v) is 23.5. The SMILES string of the molecule is COCCOCCOc1ccc2c(c1OC(F)F)-c1ccc(CS(N)(=O)=O)cc1C(c1ccc(OC)c(OC)c1)O2. The van der Waals surface area contributed by atoms with Crippen molar-refractivity contribution in [2.75, 3.05) is 47.8 Å². The Kier molecular flexibility index (Phi) is 9.86. The summed E-state index contributed by atoms with van der Waals surface area (Å²) in [7, 11) is 0.698. The molecule has 10 nitrogen and oxygen atoms in total. The van der Waals surface area contributed by atoms with Crippen LogP contribution in [0.2, 0.25) is 0 Å². The molecule has 0 saturated carbocycles. The van der Waals surface area contributed by atoms with Gasteiger partial charge in [-0.05, 0) is 35.4 Å². The molecule has 0 aromatic heterocycles. The highest BCUT2D eigenvalue weighted by Gasteiger charge is 2.33. The number of hydrogen-bond acceptors (Lipinski definition) is 9. The minimum absolute atomic E-state index is 0.0621. The van der Waals surface area contributed by atoms with Crippen molar-refractivity contribution in [1.82, 2.24) is 0 Å². The first-order valence-corrected chi connectivity index (χ1v) is 14.2. The Morgan fingerprint density at radius 1 is 0.902 bits per heavy atom. The van der Waals surface area contributed by atoms with E-state index < -0.39 is 28.5 Å². The molecule has 4 rings (SSSR count). The van der Waals surface area contributed by atoms with Gasteiger partial charge in [0.15, 0.2) is 23.0 Å². The minimum Gasteiger partial charge on any atom is -0.493 e. The maximum Gasteiger partial charge on any atom is 0.387 e. The van der Waals surface area contributed by atoms with E-state index in [1.165, 1.54) is 20.3 Å². The predicted molar refractivity (Wildman–Crippen MR) is 146 cm³/mol. The molecule has 222 valence electrons. The fourth-order valence-electron chi connectivity index (χ4n) is 4.51. The molecule has 1 heterocycles. The molecule has 0 radical (unpaired) electrons. The first-order valence-electron chi connectivity index (χ1n) is 12.5. The maximum atomic E-state index is 13.7. The molecule has 1 atom stereocenters. The minimum atomic E-state index is -3.86. The maximum absolute atomic E-state index is 13.7. The number of alkyl halides is 2. The fraction of sp³-hybridized carbons (Fsp3) is 0.357. The van der Waals surface area contributed by atoms with E-state index in [-0.39, 0.29) is 36.0 Å². The molecule has 2 N–H and O–H groups in total. The van der Waals surface area contributed by atoms with Gasteiger partial charge in [0.2, 0.25) is 10.0 Å². The van der Waals surface area contributed by atoms with Gasteiger partial charge >= 0.3 is 6.61 Å². The molecule has 1 aliphatic rings. The molecule has 0 amide bonds. The average Bonchev–Trinajstić information content (AvgIpc) is 2.93. The van der Waals surface area contributed by atoms with Gasteiger partial charge in [0.1, 0.15) is 18.5 Å². The van der Waals surface area contributed by atoms with Gasteiger partial charge < -0.3 is 33.2 Å². The van der Waals surface area contributed by atoms with Crippen LogP contribution in [0.25, 0.3) is 11.1 Å². The summed E-state index contributed by atoms with van der Waals surface area (Å²) in [5.74, 6) is 0.609. The number of halogens is 2. The summed E-state index contributed by atoms with van der Waals surface area (Å²) >= 11 is 0. The molecule has 3 aromatic rings. The van der Waals surface area contributed by atoms with Crippen LogP contribution < -0.4 is 28.8 Å². The highest BCUT2D eigenvalue weighted by atomic mass is 32.2. The average molecular weight is 596 g/mol. The van der Waals surface area contributed by atoms with E-state index in [1.54, 1.807) is 49.6 Å². The van der Waals surface area contributed by atoms with E-state index in [1.807, 2.05) is 0 Å². The third kappa shape index (κ3) is 7.36. The summed E-state index contributed by atoms with van der Waals surface area (Å²) in [6.07, 6.45) is -0.766. The Bertz CT molecular complexity index is 1470. The van der Waals surface area contributed by atoms with Gasteiger partial charge in [-0.2, -0.15) is 8.78 Å². The van der Waals surface area contributed by atoms with Crippen LogP contribution >= 0.6 is 0 Å². The highest BCUT2D eigenvalue weighted by molar-refractivity contribution is 7.88. The Balaban J connectivity index is 1.81. The lowest BCUT2D eigenvalue weighted by Crippen LogP contribution is -2.19. The summed E-state index contributed by atoms with van der Waals surface area (Å²) in [5.41, 5.74) is 2.26. The summed E-state index contributed by atoms with van der Waals surface area (Å²) in [6, 6.07) is 13.1. The third-order valence-electron chi connectivity index (χ3n) is 6.20. The van der Waals surface area contributed by atoms with E-state index in [0.29, 0.717) is 47.0 Å². The van der Waals surface area contributed by atoms with Crippen LogP contribution in [0, 0.1) is 0 Å². The van der Waals surface area contributed by atoms with Crippen LogP contribution in [0.5, 0.6) is 28.7 Å². The summed E-state index contributed by atoms with van der Waals surface area (Å²) in [4.78, 5) is 0. The molecule has 0 fully saturated rings. The second kappa shape index (κ2) is 13.3. The van der Waals surface area contributed by atoms with Crippen LogP contribution in [-0.4, -0.2) is 62.8 Å². The van der Waals surface area contributed by atoms with Crippen LogP contribution in [0.4, 0.5) is 8.78 Å². The lowest BCUT2D eigenvalue weighted by molar-refractivity contribution is -0.0515. The van der Waals surface area contributed by atoms with Crippen molar-refractivity contribution in [3.05, 3.63) is 65.2 Å².